The van der Waals surface area contributed by atoms with Crippen LogP contribution in [0, 0.1) is 13.8 Å². The number of pyridine rings is 1. The van der Waals surface area contributed by atoms with Gasteiger partial charge >= 0.3 is 0 Å². The molecule has 4 heteroatoms. The summed E-state index contributed by atoms with van der Waals surface area (Å²) in [6, 6.07) is 15.3. The van der Waals surface area contributed by atoms with Gasteiger partial charge in [0, 0.05) is 11.6 Å². The normalized spacial score (nSPS) is 10.5. The lowest BCUT2D eigenvalue weighted by Gasteiger charge is -2.12. The number of carbonyl (C=O) groups is 1. The number of ether oxygens (including phenoxy) is 1. The molecule has 23 heavy (non-hydrogen) atoms. The van der Waals surface area contributed by atoms with Crippen molar-refractivity contribution in [3.8, 4) is 5.75 Å². The van der Waals surface area contributed by atoms with Gasteiger partial charge in [-0.2, -0.15) is 0 Å². The SMILES string of the molecule is Cc1cccc(C)c1OCC(=O)Nc1cccc2ncccc12. The number of aromatic nitrogens is 1. The zero-order valence-corrected chi connectivity index (χ0v) is 13.2. The van der Waals surface area contributed by atoms with Crippen molar-refractivity contribution in [2.24, 2.45) is 0 Å². The zero-order chi connectivity index (χ0) is 16.2. The predicted molar refractivity (Wildman–Crippen MR) is 91.8 cm³/mol. The lowest BCUT2D eigenvalue weighted by atomic mass is 10.1. The number of carbonyl (C=O) groups excluding carboxylic acids is 1. The molecule has 1 amide bonds. The first-order valence-electron chi connectivity index (χ1n) is 7.48. The molecule has 0 spiro atoms. The average molecular weight is 306 g/mol. The summed E-state index contributed by atoms with van der Waals surface area (Å²) in [5.41, 5.74) is 3.63. The van der Waals surface area contributed by atoms with Crippen LogP contribution in [0.1, 0.15) is 11.1 Å². The predicted octanol–water partition coefficient (Wildman–Crippen LogP) is 3.87. The van der Waals surface area contributed by atoms with E-state index in [9.17, 15) is 4.79 Å². The third-order valence-corrected chi connectivity index (χ3v) is 3.68. The molecule has 1 heterocycles. The Kier molecular flexibility index (Phi) is 4.24. The highest BCUT2D eigenvalue weighted by atomic mass is 16.5. The van der Waals surface area contributed by atoms with Gasteiger partial charge in [-0.25, -0.2) is 0 Å². The van der Waals surface area contributed by atoms with Gasteiger partial charge in [0.1, 0.15) is 5.75 Å². The Hall–Kier alpha value is -2.88. The van der Waals surface area contributed by atoms with Gasteiger partial charge in [0.05, 0.1) is 11.2 Å². The second-order valence-electron chi connectivity index (χ2n) is 5.43. The highest BCUT2D eigenvalue weighted by Crippen LogP contribution is 2.23. The Morgan fingerprint density at radius 2 is 1.78 bits per heavy atom. The van der Waals surface area contributed by atoms with Crippen LogP contribution in [-0.4, -0.2) is 17.5 Å². The summed E-state index contributed by atoms with van der Waals surface area (Å²) in [6.45, 7) is 3.91. The van der Waals surface area contributed by atoms with Crippen molar-refractivity contribution in [1.82, 2.24) is 4.98 Å². The molecular weight excluding hydrogens is 288 g/mol. The third kappa shape index (κ3) is 3.31. The Labute approximate surface area is 135 Å². The largest absolute Gasteiger partial charge is 0.483 e. The number of rotatable bonds is 4. The van der Waals surface area contributed by atoms with Crippen molar-refractivity contribution >= 4 is 22.5 Å². The lowest BCUT2D eigenvalue weighted by molar-refractivity contribution is -0.118. The van der Waals surface area contributed by atoms with Gasteiger partial charge in [0.2, 0.25) is 0 Å². The summed E-state index contributed by atoms with van der Waals surface area (Å²) in [4.78, 5) is 16.5. The quantitative estimate of drug-likeness (QED) is 0.796. The van der Waals surface area contributed by atoms with E-state index in [0.29, 0.717) is 0 Å². The van der Waals surface area contributed by atoms with Gasteiger partial charge in [-0.1, -0.05) is 24.3 Å². The summed E-state index contributed by atoms with van der Waals surface area (Å²) in [7, 11) is 0. The molecule has 0 saturated heterocycles. The molecule has 0 aliphatic carbocycles. The maximum atomic E-state index is 12.2. The fraction of sp³-hybridized carbons (Fsp3) is 0.158. The summed E-state index contributed by atoms with van der Waals surface area (Å²) in [5, 5.41) is 3.80. The van der Waals surface area contributed by atoms with Crippen LogP contribution in [0.25, 0.3) is 10.9 Å². The van der Waals surface area contributed by atoms with Crippen molar-refractivity contribution in [3.63, 3.8) is 0 Å². The molecule has 3 rings (SSSR count). The molecule has 1 N–H and O–H groups in total. The molecule has 1 aromatic heterocycles. The van der Waals surface area contributed by atoms with E-state index >= 15 is 0 Å². The number of aryl methyl sites for hydroxylation is 2. The van der Waals surface area contributed by atoms with E-state index in [4.69, 9.17) is 4.74 Å². The Balaban J connectivity index is 1.72. The molecule has 4 nitrogen and oxygen atoms in total. The van der Waals surface area contributed by atoms with E-state index in [1.54, 1.807) is 6.20 Å². The fourth-order valence-electron chi connectivity index (χ4n) is 2.56. The minimum absolute atomic E-state index is 0.0255. The highest BCUT2D eigenvalue weighted by molar-refractivity contribution is 6.01. The molecule has 0 aliphatic heterocycles. The molecule has 3 aromatic rings. The molecular formula is C19H18N2O2. The standard InChI is InChI=1S/C19H18N2O2/c1-13-6-3-7-14(2)19(13)23-12-18(22)21-17-10-4-9-16-15(17)8-5-11-20-16/h3-11H,12H2,1-2H3,(H,21,22). The Morgan fingerprint density at radius 1 is 1.04 bits per heavy atom. The maximum absolute atomic E-state index is 12.2. The van der Waals surface area contributed by atoms with Crippen molar-refractivity contribution in [1.29, 1.82) is 0 Å². The second-order valence-corrected chi connectivity index (χ2v) is 5.43. The third-order valence-electron chi connectivity index (χ3n) is 3.68. The first kappa shape index (κ1) is 15.0. The van der Waals surface area contributed by atoms with Crippen molar-refractivity contribution in [2.45, 2.75) is 13.8 Å². The second kappa shape index (κ2) is 6.48. The van der Waals surface area contributed by atoms with Crippen LogP contribution in [0.2, 0.25) is 0 Å². The Bertz CT molecular complexity index is 833. The summed E-state index contributed by atoms with van der Waals surface area (Å²) >= 11 is 0. The number of hydrogen-bond donors (Lipinski definition) is 1. The van der Waals surface area contributed by atoms with E-state index in [-0.39, 0.29) is 12.5 Å². The molecule has 0 bridgehead atoms. The summed E-state index contributed by atoms with van der Waals surface area (Å²) < 4.78 is 5.69. The average Bonchev–Trinajstić information content (AvgIpc) is 2.55. The number of anilines is 1. The minimum atomic E-state index is -0.191. The Morgan fingerprint density at radius 3 is 2.57 bits per heavy atom. The smallest absolute Gasteiger partial charge is 0.262 e. The van der Waals surface area contributed by atoms with E-state index in [1.807, 2.05) is 62.4 Å². The number of nitrogens with one attached hydrogen (secondary N) is 1. The minimum Gasteiger partial charge on any atom is -0.483 e. The van der Waals surface area contributed by atoms with Crippen LogP contribution in [0.15, 0.2) is 54.7 Å². The number of amides is 1. The van der Waals surface area contributed by atoms with E-state index in [2.05, 4.69) is 10.3 Å². The first-order valence-corrected chi connectivity index (χ1v) is 7.48. The van der Waals surface area contributed by atoms with Crippen LogP contribution < -0.4 is 10.1 Å². The molecule has 2 aromatic carbocycles. The van der Waals surface area contributed by atoms with Crippen molar-refractivity contribution in [2.75, 3.05) is 11.9 Å². The molecule has 0 radical (unpaired) electrons. The van der Waals surface area contributed by atoms with Crippen LogP contribution in [-0.2, 0) is 4.79 Å². The monoisotopic (exact) mass is 306 g/mol. The number of nitrogens with zero attached hydrogens (tertiary/aromatic N) is 1. The summed E-state index contributed by atoms with van der Waals surface area (Å²) in [5.74, 6) is 0.575. The van der Waals surface area contributed by atoms with Gasteiger partial charge < -0.3 is 10.1 Å². The molecule has 0 atom stereocenters. The van der Waals surface area contributed by atoms with Crippen molar-refractivity contribution < 1.29 is 9.53 Å². The molecule has 0 saturated carbocycles. The molecule has 0 unspecified atom stereocenters. The maximum Gasteiger partial charge on any atom is 0.262 e. The van der Waals surface area contributed by atoms with Crippen LogP contribution >= 0.6 is 0 Å². The van der Waals surface area contributed by atoms with Crippen LogP contribution in [0.4, 0.5) is 5.69 Å². The molecule has 0 aliphatic rings. The van der Waals surface area contributed by atoms with Gasteiger partial charge in [-0.05, 0) is 49.2 Å². The number of para-hydroxylation sites is 1. The van der Waals surface area contributed by atoms with E-state index in [1.165, 1.54) is 0 Å². The summed E-state index contributed by atoms with van der Waals surface area (Å²) in [6.07, 6.45) is 1.73. The first-order chi connectivity index (χ1) is 11.1. The highest BCUT2D eigenvalue weighted by Gasteiger charge is 2.09. The number of benzene rings is 2. The van der Waals surface area contributed by atoms with Crippen molar-refractivity contribution in [3.05, 3.63) is 65.9 Å². The zero-order valence-electron chi connectivity index (χ0n) is 13.2. The molecule has 0 fully saturated rings. The van der Waals surface area contributed by atoms with Gasteiger partial charge in [0.25, 0.3) is 5.91 Å². The van der Waals surface area contributed by atoms with E-state index < -0.39 is 0 Å². The lowest BCUT2D eigenvalue weighted by Crippen LogP contribution is -2.20. The van der Waals surface area contributed by atoms with Gasteiger partial charge in [-0.3, -0.25) is 9.78 Å². The number of fused-ring (bicyclic) bond motifs is 1. The number of hydrogen-bond acceptors (Lipinski definition) is 3. The molecule has 116 valence electrons. The van der Waals surface area contributed by atoms with Gasteiger partial charge in [0.15, 0.2) is 6.61 Å². The van der Waals surface area contributed by atoms with Gasteiger partial charge in [-0.15, -0.1) is 0 Å². The fourth-order valence-corrected chi connectivity index (χ4v) is 2.56. The topological polar surface area (TPSA) is 51.2 Å². The van der Waals surface area contributed by atoms with Crippen LogP contribution in [0.3, 0.4) is 0 Å². The van der Waals surface area contributed by atoms with Crippen LogP contribution in [0.5, 0.6) is 5.75 Å². The van der Waals surface area contributed by atoms with E-state index in [0.717, 1.165) is 33.5 Å².